The molecule has 2 aliphatic heterocycles. The summed E-state index contributed by atoms with van der Waals surface area (Å²) in [4.78, 5) is 2.51. The molecule has 2 aliphatic rings. The van der Waals surface area contributed by atoms with Gasteiger partial charge in [0.15, 0.2) is 11.5 Å². The average molecular weight is 276 g/mol. The maximum atomic E-state index is 5.94. The van der Waals surface area contributed by atoms with Crippen molar-refractivity contribution < 1.29 is 9.47 Å². The fourth-order valence-corrected chi connectivity index (χ4v) is 2.98. The number of hydrogen-bond donors (Lipinski definition) is 1. The van der Waals surface area contributed by atoms with Crippen LogP contribution >= 0.6 is 0 Å². The molecule has 4 nitrogen and oxygen atoms in total. The Morgan fingerprint density at radius 1 is 1.15 bits per heavy atom. The molecule has 0 radical (unpaired) electrons. The first kappa shape index (κ1) is 13.7. The number of rotatable bonds is 3. The van der Waals surface area contributed by atoms with Gasteiger partial charge in [0.25, 0.3) is 0 Å². The lowest BCUT2D eigenvalue weighted by atomic mass is 10.0. The van der Waals surface area contributed by atoms with Crippen molar-refractivity contribution in [2.24, 2.45) is 0 Å². The van der Waals surface area contributed by atoms with Crippen LogP contribution in [0.4, 0.5) is 0 Å². The zero-order chi connectivity index (χ0) is 13.8. The van der Waals surface area contributed by atoms with Crippen LogP contribution in [0.15, 0.2) is 12.1 Å². The summed E-state index contributed by atoms with van der Waals surface area (Å²) in [6.07, 6.45) is 1.96. The van der Waals surface area contributed by atoms with Gasteiger partial charge in [0.1, 0.15) is 0 Å². The SMILES string of the molecule is CCc1c(CN2CCNCC2)ccc2c1OCCCO2. The molecule has 1 N–H and O–H groups in total. The molecule has 1 saturated heterocycles. The van der Waals surface area contributed by atoms with Crippen molar-refractivity contribution in [3.63, 3.8) is 0 Å². The molecule has 0 atom stereocenters. The number of nitrogens with zero attached hydrogens (tertiary/aromatic N) is 1. The molecule has 4 heteroatoms. The van der Waals surface area contributed by atoms with Crippen molar-refractivity contribution in [2.75, 3.05) is 39.4 Å². The van der Waals surface area contributed by atoms with E-state index in [1.165, 1.54) is 11.1 Å². The molecule has 3 rings (SSSR count). The van der Waals surface area contributed by atoms with Crippen LogP contribution in [0.2, 0.25) is 0 Å². The molecule has 0 spiro atoms. The van der Waals surface area contributed by atoms with E-state index >= 15 is 0 Å². The molecule has 0 aliphatic carbocycles. The third-order valence-electron chi connectivity index (χ3n) is 4.07. The van der Waals surface area contributed by atoms with Gasteiger partial charge in [0.2, 0.25) is 0 Å². The highest BCUT2D eigenvalue weighted by Crippen LogP contribution is 2.36. The summed E-state index contributed by atoms with van der Waals surface area (Å²) in [5.74, 6) is 1.90. The van der Waals surface area contributed by atoms with Crippen molar-refractivity contribution in [3.8, 4) is 11.5 Å². The Bertz CT molecular complexity index is 456. The molecule has 0 saturated carbocycles. The Morgan fingerprint density at radius 3 is 2.75 bits per heavy atom. The summed E-state index contributed by atoms with van der Waals surface area (Å²) >= 11 is 0. The summed E-state index contributed by atoms with van der Waals surface area (Å²) in [7, 11) is 0. The van der Waals surface area contributed by atoms with E-state index in [1.807, 2.05) is 0 Å². The van der Waals surface area contributed by atoms with Gasteiger partial charge in [-0.05, 0) is 18.1 Å². The first-order chi connectivity index (χ1) is 9.88. The fourth-order valence-electron chi connectivity index (χ4n) is 2.98. The third-order valence-corrected chi connectivity index (χ3v) is 4.07. The van der Waals surface area contributed by atoms with Gasteiger partial charge in [0.05, 0.1) is 13.2 Å². The highest BCUT2D eigenvalue weighted by molar-refractivity contribution is 5.51. The molecule has 110 valence electrons. The van der Waals surface area contributed by atoms with Crippen molar-refractivity contribution in [2.45, 2.75) is 26.3 Å². The van der Waals surface area contributed by atoms with Gasteiger partial charge in [-0.1, -0.05) is 13.0 Å². The van der Waals surface area contributed by atoms with Crippen molar-refractivity contribution in [1.82, 2.24) is 10.2 Å². The van der Waals surface area contributed by atoms with Crippen LogP contribution in [0, 0.1) is 0 Å². The quantitative estimate of drug-likeness (QED) is 0.913. The van der Waals surface area contributed by atoms with E-state index in [9.17, 15) is 0 Å². The van der Waals surface area contributed by atoms with E-state index in [1.54, 1.807) is 0 Å². The highest BCUT2D eigenvalue weighted by atomic mass is 16.5. The Balaban J connectivity index is 1.84. The molecule has 0 amide bonds. The second-order valence-corrected chi connectivity index (χ2v) is 5.46. The van der Waals surface area contributed by atoms with E-state index < -0.39 is 0 Å². The number of hydrogen-bond acceptors (Lipinski definition) is 4. The largest absolute Gasteiger partial charge is 0.490 e. The molecular formula is C16H24N2O2. The molecule has 20 heavy (non-hydrogen) atoms. The summed E-state index contributed by atoms with van der Waals surface area (Å²) in [6.45, 7) is 9.16. The summed E-state index contributed by atoms with van der Waals surface area (Å²) < 4.78 is 11.7. The van der Waals surface area contributed by atoms with Crippen LogP contribution in [-0.2, 0) is 13.0 Å². The van der Waals surface area contributed by atoms with Gasteiger partial charge < -0.3 is 14.8 Å². The van der Waals surface area contributed by atoms with Gasteiger partial charge in [-0.2, -0.15) is 0 Å². The lowest BCUT2D eigenvalue weighted by Crippen LogP contribution is -2.43. The number of piperazine rings is 1. The molecule has 0 bridgehead atoms. The maximum Gasteiger partial charge on any atom is 0.164 e. The third kappa shape index (κ3) is 2.91. The normalized spacial score (nSPS) is 19.6. The van der Waals surface area contributed by atoms with E-state index in [-0.39, 0.29) is 0 Å². The Kier molecular flexibility index (Phi) is 4.43. The van der Waals surface area contributed by atoms with Gasteiger partial charge in [-0.3, -0.25) is 4.90 Å². The zero-order valence-electron chi connectivity index (χ0n) is 12.3. The van der Waals surface area contributed by atoms with Crippen molar-refractivity contribution in [3.05, 3.63) is 23.3 Å². The predicted octanol–water partition coefficient (Wildman–Crippen LogP) is 1.82. The summed E-state index contributed by atoms with van der Waals surface area (Å²) in [5.41, 5.74) is 2.71. The van der Waals surface area contributed by atoms with Gasteiger partial charge in [-0.25, -0.2) is 0 Å². The summed E-state index contributed by atoms with van der Waals surface area (Å²) in [5, 5.41) is 3.40. The molecule has 1 aromatic rings. The van der Waals surface area contributed by atoms with Crippen LogP contribution in [0.5, 0.6) is 11.5 Å². The minimum atomic E-state index is 0.757. The number of ether oxygens (including phenoxy) is 2. The minimum absolute atomic E-state index is 0.757. The molecule has 1 fully saturated rings. The first-order valence-corrected chi connectivity index (χ1v) is 7.72. The second kappa shape index (κ2) is 6.46. The first-order valence-electron chi connectivity index (χ1n) is 7.72. The van der Waals surface area contributed by atoms with Crippen LogP contribution in [-0.4, -0.2) is 44.3 Å². The zero-order valence-corrected chi connectivity index (χ0v) is 12.3. The number of benzene rings is 1. The highest BCUT2D eigenvalue weighted by Gasteiger charge is 2.19. The van der Waals surface area contributed by atoms with Crippen LogP contribution < -0.4 is 14.8 Å². The van der Waals surface area contributed by atoms with Crippen LogP contribution in [0.3, 0.4) is 0 Å². The molecular weight excluding hydrogens is 252 g/mol. The molecule has 0 unspecified atom stereocenters. The molecule has 2 heterocycles. The van der Waals surface area contributed by atoms with E-state index in [0.717, 1.165) is 70.3 Å². The van der Waals surface area contributed by atoms with Crippen molar-refractivity contribution in [1.29, 1.82) is 0 Å². The lowest BCUT2D eigenvalue weighted by Gasteiger charge is -2.28. The molecule has 1 aromatic carbocycles. The minimum Gasteiger partial charge on any atom is -0.490 e. The van der Waals surface area contributed by atoms with Gasteiger partial charge in [0, 0.05) is 44.7 Å². The van der Waals surface area contributed by atoms with Crippen molar-refractivity contribution >= 4 is 0 Å². The van der Waals surface area contributed by atoms with E-state index in [4.69, 9.17) is 9.47 Å². The maximum absolute atomic E-state index is 5.94. The average Bonchev–Trinajstić information content (AvgIpc) is 2.73. The Hall–Kier alpha value is -1.26. The lowest BCUT2D eigenvalue weighted by molar-refractivity contribution is 0.232. The number of nitrogens with one attached hydrogen (secondary N) is 1. The fraction of sp³-hybridized carbons (Fsp3) is 0.625. The van der Waals surface area contributed by atoms with Gasteiger partial charge >= 0.3 is 0 Å². The Morgan fingerprint density at radius 2 is 1.95 bits per heavy atom. The standard InChI is InChI=1S/C16H24N2O2/c1-2-14-13(12-18-8-6-17-7-9-18)4-5-15-16(14)20-11-3-10-19-15/h4-5,17H,2-3,6-12H2,1H3. The van der Waals surface area contributed by atoms with Crippen LogP contribution in [0.1, 0.15) is 24.5 Å². The monoisotopic (exact) mass is 276 g/mol. The smallest absolute Gasteiger partial charge is 0.164 e. The summed E-state index contributed by atoms with van der Waals surface area (Å²) in [6, 6.07) is 4.30. The second-order valence-electron chi connectivity index (χ2n) is 5.46. The number of fused-ring (bicyclic) bond motifs is 1. The van der Waals surface area contributed by atoms with Gasteiger partial charge in [-0.15, -0.1) is 0 Å². The van der Waals surface area contributed by atoms with Crippen LogP contribution in [0.25, 0.3) is 0 Å². The Labute approximate surface area is 121 Å². The van der Waals surface area contributed by atoms with E-state index in [2.05, 4.69) is 29.3 Å². The predicted molar refractivity (Wildman–Crippen MR) is 79.6 cm³/mol. The topological polar surface area (TPSA) is 33.7 Å². The van der Waals surface area contributed by atoms with E-state index in [0.29, 0.717) is 0 Å². The molecule has 0 aromatic heterocycles.